The number of nitrogens with zero attached hydrogens (tertiary/aromatic N) is 1. The van der Waals surface area contributed by atoms with Crippen molar-refractivity contribution in [1.82, 2.24) is 4.90 Å². The molecule has 0 unspecified atom stereocenters. The fraction of sp³-hybridized carbons (Fsp3) is 0.536. The van der Waals surface area contributed by atoms with Crippen LogP contribution in [0.1, 0.15) is 62.3 Å². The van der Waals surface area contributed by atoms with Gasteiger partial charge in [-0.05, 0) is 36.1 Å². The van der Waals surface area contributed by atoms with Crippen molar-refractivity contribution < 1.29 is 28.5 Å². The lowest BCUT2D eigenvalue weighted by Crippen LogP contribution is -2.35. The summed E-state index contributed by atoms with van der Waals surface area (Å²) in [5, 5.41) is 0. The van der Waals surface area contributed by atoms with Crippen molar-refractivity contribution in [3.8, 4) is 5.75 Å². The van der Waals surface area contributed by atoms with Crippen LogP contribution in [0.4, 0.5) is 4.79 Å². The van der Waals surface area contributed by atoms with Gasteiger partial charge in [-0.15, -0.1) is 0 Å². The molecule has 190 valence electrons. The molecule has 1 fully saturated rings. The first kappa shape index (κ1) is 25.5. The molecule has 1 atom stereocenters. The second-order valence-corrected chi connectivity index (χ2v) is 9.54. The normalized spacial score (nSPS) is 18.7. The molecule has 0 aliphatic carbocycles. The number of cyclic esters (lactones) is 1. The molecule has 1 amide bonds. The summed E-state index contributed by atoms with van der Waals surface area (Å²) in [6.45, 7) is 8.18. The Morgan fingerprint density at radius 2 is 1.77 bits per heavy atom. The summed E-state index contributed by atoms with van der Waals surface area (Å²) in [5.74, 6) is 0.212. The van der Waals surface area contributed by atoms with Crippen LogP contribution in [0.25, 0.3) is 0 Å². The first-order valence-corrected chi connectivity index (χ1v) is 12.6. The van der Waals surface area contributed by atoms with E-state index in [4.69, 9.17) is 23.7 Å². The zero-order valence-corrected chi connectivity index (χ0v) is 20.9. The van der Waals surface area contributed by atoms with Gasteiger partial charge in [0.05, 0.1) is 33.0 Å². The van der Waals surface area contributed by atoms with Gasteiger partial charge in [0.2, 0.25) is 5.79 Å². The molecule has 7 heteroatoms. The predicted octanol–water partition coefficient (Wildman–Crippen LogP) is 5.62. The van der Waals surface area contributed by atoms with Crippen LogP contribution in [-0.2, 0) is 32.2 Å². The lowest BCUT2D eigenvalue weighted by Gasteiger charge is -2.32. The summed E-state index contributed by atoms with van der Waals surface area (Å²) in [7, 11) is 0. The number of ether oxygens (including phenoxy) is 5. The molecule has 4 rings (SSSR count). The topological polar surface area (TPSA) is 66.5 Å². The Morgan fingerprint density at radius 1 is 0.971 bits per heavy atom. The van der Waals surface area contributed by atoms with Crippen molar-refractivity contribution in [3.05, 3.63) is 65.2 Å². The van der Waals surface area contributed by atoms with Gasteiger partial charge in [-0.2, -0.15) is 0 Å². The third kappa shape index (κ3) is 7.69. The van der Waals surface area contributed by atoms with Gasteiger partial charge in [0.15, 0.2) is 0 Å². The molecule has 35 heavy (non-hydrogen) atoms. The van der Waals surface area contributed by atoms with E-state index in [0.29, 0.717) is 33.0 Å². The molecule has 1 saturated heterocycles. The lowest BCUT2D eigenvalue weighted by molar-refractivity contribution is -0.180. The van der Waals surface area contributed by atoms with E-state index in [-0.39, 0.29) is 12.2 Å². The summed E-state index contributed by atoms with van der Waals surface area (Å²) in [5.41, 5.74) is 3.15. The first-order valence-electron chi connectivity index (χ1n) is 12.6. The first-order chi connectivity index (χ1) is 17.0. The second kappa shape index (κ2) is 12.4. The van der Waals surface area contributed by atoms with Gasteiger partial charge in [-0.3, -0.25) is 0 Å². The number of hydrogen-bond donors (Lipinski definition) is 0. The van der Waals surface area contributed by atoms with E-state index in [9.17, 15) is 4.79 Å². The molecule has 2 aliphatic rings. The number of fused-ring (bicyclic) bond motifs is 1. The number of carbonyl (C=O) groups is 1. The number of carbonyl (C=O) groups excluding carboxylic acids is 1. The zero-order valence-electron chi connectivity index (χ0n) is 20.9. The largest absolute Gasteiger partial charge is 0.463 e. The van der Waals surface area contributed by atoms with Gasteiger partial charge in [-0.25, -0.2) is 4.79 Å². The van der Waals surface area contributed by atoms with Crippen LogP contribution in [0.15, 0.2) is 48.5 Å². The monoisotopic (exact) mass is 483 g/mol. The molecule has 0 spiro atoms. The Hall–Kier alpha value is -2.61. The Balaban J connectivity index is 1.05. The molecule has 2 aromatic carbocycles. The maximum Gasteiger partial charge on any atom is 0.410 e. The third-order valence-electron chi connectivity index (χ3n) is 6.23. The Kier molecular flexibility index (Phi) is 9.01. The minimum atomic E-state index is -0.617. The van der Waals surface area contributed by atoms with Crippen molar-refractivity contribution in [3.63, 3.8) is 0 Å². The van der Waals surface area contributed by atoms with E-state index in [1.54, 1.807) is 4.90 Å². The van der Waals surface area contributed by atoms with Crippen LogP contribution < -0.4 is 4.74 Å². The van der Waals surface area contributed by atoms with Crippen molar-refractivity contribution in [2.45, 2.75) is 64.6 Å². The molecule has 2 aromatic rings. The minimum absolute atomic E-state index is 0.236. The van der Waals surface area contributed by atoms with Gasteiger partial charge in [-0.1, -0.05) is 49.2 Å². The number of benzene rings is 2. The second-order valence-electron chi connectivity index (χ2n) is 9.54. The maximum atomic E-state index is 12.3. The van der Waals surface area contributed by atoms with Crippen molar-refractivity contribution in [2.75, 3.05) is 32.9 Å². The van der Waals surface area contributed by atoms with E-state index < -0.39 is 5.79 Å². The average molecular weight is 484 g/mol. The fourth-order valence-corrected chi connectivity index (χ4v) is 4.27. The Morgan fingerprint density at radius 3 is 2.63 bits per heavy atom. The van der Waals surface area contributed by atoms with E-state index in [0.717, 1.165) is 55.7 Å². The molecular formula is C28H37NO6. The van der Waals surface area contributed by atoms with Crippen molar-refractivity contribution >= 4 is 6.09 Å². The van der Waals surface area contributed by atoms with Crippen LogP contribution in [0, 0.1) is 0 Å². The molecular weight excluding hydrogens is 446 g/mol. The number of unbranched alkanes of at least 4 members (excludes halogenated alkanes) is 3. The molecule has 0 N–H and O–H groups in total. The molecule has 0 radical (unpaired) electrons. The van der Waals surface area contributed by atoms with Gasteiger partial charge in [0, 0.05) is 32.6 Å². The SMILES string of the molecule is CC1(C)OCc2cc([C@@H]3CN(CCCCCCOCCOCc4ccccc4)C(=O)O3)ccc2O1. The van der Waals surface area contributed by atoms with Crippen molar-refractivity contribution in [2.24, 2.45) is 0 Å². The molecule has 2 heterocycles. The molecule has 0 saturated carbocycles. The summed E-state index contributed by atoms with van der Waals surface area (Å²) >= 11 is 0. The van der Waals surface area contributed by atoms with Gasteiger partial charge >= 0.3 is 6.09 Å². The van der Waals surface area contributed by atoms with Crippen LogP contribution in [0.5, 0.6) is 5.75 Å². The average Bonchev–Trinajstić information content (AvgIpc) is 3.22. The smallest absolute Gasteiger partial charge is 0.410 e. The summed E-state index contributed by atoms with van der Waals surface area (Å²) in [6.07, 6.45) is 3.63. The molecule has 2 aliphatic heterocycles. The standard InChI is InChI=1S/C28H37NO6/c1-28(2)33-21-24-18-23(12-13-25(24)35-28)26-19-29(27(30)34-26)14-8-3-4-9-15-31-16-17-32-20-22-10-6-5-7-11-22/h5-7,10-13,18,26H,3-4,8-9,14-17,19-21H2,1-2H3/t26-/m0/s1. The number of amides is 1. The Bertz CT molecular complexity index is 948. The lowest BCUT2D eigenvalue weighted by atomic mass is 10.0. The molecule has 0 aromatic heterocycles. The number of rotatable bonds is 13. The minimum Gasteiger partial charge on any atom is -0.463 e. The quantitative estimate of drug-likeness (QED) is 0.345. The predicted molar refractivity (Wildman–Crippen MR) is 132 cm³/mol. The van der Waals surface area contributed by atoms with E-state index in [1.807, 2.05) is 50.2 Å². The Labute approximate surface area is 208 Å². The summed E-state index contributed by atoms with van der Waals surface area (Å²) < 4.78 is 28.5. The van der Waals surface area contributed by atoms with Crippen LogP contribution in [0.3, 0.4) is 0 Å². The highest BCUT2D eigenvalue weighted by Gasteiger charge is 2.33. The maximum absolute atomic E-state index is 12.3. The van der Waals surface area contributed by atoms with Gasteiger partial charge in [0.25, 0.3) is 0 Å². The van der Waals surface area contributed by atoms with Crippen molar-refractivity contribution in [1.29, 1.82) is 0 Å². The van der Waals surface area contributed by atoms with Crippen LogP contribution in [-0.4, -0.2) is 49.7 Å². The van der Waals surface area contributed by atoms with Gasteiger partial charge < -0.3 is 28.6 Å². The highest BCUT2D eigenvalue weighted by molar-refractivity contribution is 5.70. The van der Waals surface area contributed by atoms with E-state index in [2.05, 4.69) is 12.1 Å². The zero-order chi connectivity index (χ0) is 24.5. The highest BCUT2D eigenvalue weighted by atomic mass is 16.7. The highest BCUT2D eigenvalue weighted by Crippen LogP contribution is 2.35. The van der Waals surface area contributed by atoms with Crippen LogP contribution in [0.2, 0.25) is 0 Å². The van der Waals surface area contributed by atoms with E-state index >= 15 is 0 Å². The summed E-state index contributed by atoms with van der Waals surface area (Å²) in [4.78, 5) is 14.1. The molecule has 7 nitrogen and oxygen atoms in total. The third-order valence-corrected chi connectivity index (χ3v) is 6.23. The fourth-order valence-electron chi connectivity index (χ4n) is 4.27. The van der Waals surface area contributed by atoms with Crippen LogP contribution >= 0.6 is 0 Å². The number of hydrogen-bond acceptors (Lipinski definition) is 6. The van der Waals surface area contributed by atoms with Gasteiger partial charge in [0.1, 0.15) is 11.9 Å². The summed E-state index contributed by atoms with van der Waals surface area (Å²) in [6, 6.07) is 16.1. The molecule has 0 bridgehead atoms. The van der Waals surface area contributed by atoms with E-state index in [1.165, 1.54) is 5.56 Å².